The Hall–Kier alpha value is -3.20. The van der Waals surface area contributed by atoms with E-state index in [0.717, 1.165) is 25.2 Å². The molecule has 4 heterocycles. The maximum atomic E-state index is 13.1. The maximum absolute atomic E-state index is 13.1. The van der Waals surface area contributed by atoms with Crippen LogP contribution < -0.4 is 15.2 Å². The molecule has 2 unspecified atom stereocenters. The lowest BCUT2D eigenvalue weighted by Crippen LogP contribution is -2.48. The molecule has 9 heteroatoms. The van der Waals surface area contributed by atoms with Crippen LogP contribution in [0.5, 0.6) is 0 Å². The zero-order chi connectivity index (χ0) is 20.7. The van der Waals surface area contributed by atoms with Crippen LogP contribution in [0, 0.1) is 5.92 Å². The van der Waals surface area contributed by atoms with E-state index < -0.39 is 10.0 Å². The van der Waals surface area contributed by atoms with Crippen molar-refractivity contribution < 1.29 is 8.42 Å². The van der Waals surface area contributed by atoms with E-state index in [0.29, 0.717) is 12.5 Å². The van der Waals surface area contributed by atoms with E-state index in [4.69, 9.17) is 0 Å². The number of hydrogen-bond donors (Lipinski definition) is 1. The van der Waals surface area contributed by atoms with Crippen LogP contribution >= 0.6 is 0 Å². The highest BCUT2D eigenvalue weighted by Gasteiger charge is 2.36. The van der Waals surface area contributed by atoms with Crippen molar-refractivity contribution in [2.75, 3.05) is 22.7 Å². The molecule has 1 aromatic carbocycles. The topological polar surface area (TPSA) is 97.2 Å². The van der Waals surface area contributed by atoms with Crippen LogP contribution in [0.15, 0.2) is 70.6 Å². The molecule has 1 fully saturated rings. The first-order valence-corrected chi connectivity index (χ1v) is 11.3. The summed E-state index contributed by atoms with van der Waals surface area (Å²) >= 11 is 0. The number of nitrogens with one attached hydrogen (secondary N) is 1. The zero-order valence-corrected chi connectivity index (χ0v) is 17.0. The van der Waals surface area contributed by atoms with Crippen LogP contribution in [0.4, 0.5) is 11.6 Å². The smallest absolute Gasteiger partial charge is 0.275 e. The minimum atomic E-state index is -3.81. The molecule has 2 aromatic heterocycles. The molecular formula is C21H21N5O3S. The molecule has 0 radical (unpaired) electrons. The lowest BCUT2D eigenvalue weighted by Gasteiger charge is -2.42. The van der Waals surface area contributed by atoms with E-state index in [1.165, 1.54) is 12.1 Å². The fourth-order valence-corrected chi connectivity index (χ4v) is 5.52. The number of fused-ring (bicyclic) bond motifs is 4. The number of aromatic nitrogens is 3. The predicted octanol–water partition coefficient (Wildman–Crippen LogP) is 2.06. The number of sulfonamides is 1. The summed E-state index contributed by atoms with van der Waals surface area (Å²) in [7, 11) is -3.81. The fraction of sp³-hybridized carbons (Fsp3) is 0.286. The molecule has 0 spiro atoms. The van der Waals surface area contributed by atoms with Crippen LogP contribution in [0.3, 0.4) is 0 Å². The van der Waals surface area contributed by atoms with E-state index in [1.807, 2.05) is 6.07 Å². The molecule has 5 rings (SSSR count). The molecule has 154 valence electrons. The molecule has 1 N–H and O–H groups in total. The third-order valence-corrected chi connectivity index (χ3v) is 7.12. The molecule has 2 aliphatic heterocycles. The van der Waals surface area contributed by atoms with Gasteiger partial charge >= 0.3 is 0 Å². The van der Waals surface area contributed by atoms with Gasteiger partial charge in [-0.25, -0.2) is 18.4 Å². The van der Waals surface area contributed by atoms with E-state index in [9.17, 15) is 13.2 Å². The fourth-order valence-electron chi connectivity index (χ4n) is 4.44. The molecule has 0 amide bonds. The largest absolute Gasteiger partial charge is 0.340 e. The third kappa shape index (κ3) is 3.35. The average molecular weight is 423 g/mol. The number of anilines is 2. The van der Waals surface area contributed by atoms with Crippen molar-refractivity contribution in [3.8, 4) is 0 Å². The van der Waals surface area contributed by atoms with Gasteiger partial charge in [0.25, 0.3) is 15.6 Å². The Kier molecular flexibility index (Phi) is 4.54. The van der Waals surface area contributed by atoms with Gasteiger partial charge in [-0.3, -0.25) is 9.52 Å². The first kappa shape index (κ1) is 18.8. The van der Waals surface area contributed by atoms with Crippen LogP contribution in [-0.4, -0.2) is 36.0 Å². The number of hydrogen-bond acceptors (Lipinski definition) is 6. The van der Waals surface area contributed by atoms with Crippen molar-refractivity contribution in [3.63, 3.8) is 0 Å². The molecule has 30 heavy (non-hydrogen) atoms. The summed E-state index contributed by atoms with van der Waals surface area (Å²) in [6.45, 7) is 2.05. The monoisotopic (exact) mass is 423 g/mol. The molecule has 1 saturated heterocycles. The van der Waals surface area contributed by atoms with Gasteiger partial charge in [0.1, 0.15) is 5.69 Å². The summed E-state index contributed by atoms with van der Waals surface area (Å²) in [5.41, 5.74) is 0.705. The molecule has 0 aliphatic carbocycles. The Morgan fingerprint density at radius 1 is 0.933 bits per heavy atom. The summed E-state index contributed by atoms with van der Waals surface area (Å²) in [5.74, 6) is 1.16. The quantitative estimate of drug-likeness (QED) is 0.690. The van der Waals surface area contributed by atoms with Crippen LogP contribution in [0.1, 0.15) is 18.0 Å². The molecule has 2 atom stereocenters. The van der Waals surface area contributed by atoms with E-state index in [2.05, 4.69) is 19.6 Å². The minimum Gasteiger partial charge on any atom is -0.340 e. The van der Waals surface area contributed by atoms with Crippen molar-refractivity contribution in [1.29, 1.82) is 0 Å². The summed E-state index contributed by atoms with van der Waals surface area (Å²) in [4.78, 5) is 24.1. The summed E-state index contributed by atoms with van der Waals surface area (Å²) in [6.07, 6.45) is 4.46. The molecule has 2 bridgehead atoms. The van der Waals surface area contributed by atoms with Crippen LogP contribution in [0.25, 0.3) is 0 Å². The number of piperidine rings is 1. The second-order valence-corrected chi connectivity index (χ2v) is 9.44. The van der Waals surface area contributed by atoms with Gasteiger partial charge in [-0.2, -0.15) is 0 Å². The standard InChI is InChI=1S/C21H21N5O3S/c27-20-18(24-30(28,29)17-5-2-1-3-6-17)7-8-19-16-11-15(13-26(19)20)12-25(14-16)21-22-9-4-10-23-21/h1-10,15-16,24H,11-14H2. The average Bonchev–Trinajstić information content (AvgIpc) is 2.77. The van der Waals surface area contributed by atoms with Gasteiger partial charge in [0, 0.05) is 43.6 Å². The molecule has 3 aromatic rings. The normalized spacial score (nSPS) is 20.5. The van der Waals surface area contributed by atoms with Crippen molar-refractivity contribution >= 4 is 21.7 Å². The predicted molar refractivity (Wildman–Crippen MR) is 113 cm³/mol. The first-order chi connectivity index (χ1) is 14.5. The van der Waals surface area contributed by atoms with Gasteiger partial charge in [-0.05, 0) is 42.7 Å². The summed E-state index contributed by atoms with van der Waals surface area (Å²) < 4.78 is 29.5. The van der Waals surface area contributed by atoms with Gasteiger partial charge in [-0.1, -0.05) is 18.2 Å². The van der Waals surface area contributed by atoms with Gasteiger partial charge in [0.2, 0.25) is 5.95 Å². The number of nitrogens with zero attached hydrogens (tertiary/aromatic N) is 4. The van der Waals surface area contributed by atoms with E-state index in [1.54, 1.807) is 47.3 Å². The van der Waals surface area contributed by atoms with Gasteiger partial charge in [-0.15, -0.1) is 0 Å². The Balaban J connectivity index is 1.45. The molecule has 8 nitrogen and oxygen atoms in total. The second-order valence-electron chi connectivity index (χ2n) is 7.76. The number of pyridine rings is 1. The highest BCUT2D eigenvalue weighted by molar-refractivity contribution is 7.92. The lowest BCUT2D eigenvalue weighted by atomic mass is 9.83. The van der Waals surface area contributed by atoms with Crippen molar-refractivity contribution in [1.82, 2.24) is 14.5 Å². The van der Waals surface area contributed by atoms with E-state index >= 15 is 0 Å². The van der Waals surface area contributed by atoms with Crippen LogP contribution in [-0.2, 0) is 16.6 Å². The third-order valence-electron chi connectivity index (χ3n) is 5.74. The highest BCUT2D eigenvalue weighted by atomic mass is 32.2. The minimum absolute atomic E-state index is 0.0748. The molecular weight excluding hydrogens is 402 g/mol. The second kappa shape index (κ2) is 7.24. The Morgan fingerprint density at radius 3 is 2.47 bits per heavy atom. The zero-order valence-electron chi connectivity index (χ0n) is 16.2. The van der Waals surface area contributed by atoms with E-state index in [-0.39, 0.29) is 28.0 Å². The summed E-state index contributed by atoms with van der Waals surface area (Å²) in [5, 5.41) is 0. The van der Waals surface area contributed by atoms with Crippen LogP contribution in [0.2, 0.25) is 0 Å². The van der Waals surface area contributed by atoms with Gasteiger partial charge in [0.15, 0.2) is 0 Å². The summed E-state index contributed by atoms with van der Waals surface area (Å²) in [6, 6.07) is 13.3. The Labute approximate surface area is 174 Å². The Bertz CT molecular complexity index is 1230. The van der Waals surface area contributed by atoms with Crippen molar-refractivity contribution in [2.45, 2.75) is 23.8 Å². The SMILES string of the molecule is O=c1c(NS(=O)(=O)c2ccccc2)ccc2n1CC1CC2CN(c2ncccn2)C1. The van der Waals surface area contributed by atoms with Crippen molar-refractivity contribution in [3.05, 3.63) is 77.0 Å². The molecule has 0 saturated carbocycles. The maximum Gasteiger partial charge on any atom is 0.275 e. The van der Waals surface area contributed by atoms with Crippen molar-refractivity contribution in [2.24, 2.45) is 5.92 Å². The molecule has 2 aliphatic rings. The lowest BCUT2D eigenvalue weighted by molar-refractivity contribution is 0.280. The Morgan fingerprint density at radius 2 is 1.70 bits per heavy atom. The first-order valence-electron chi connectivity index (χ1n) is 9.85. The number of rotatable bonds is 4. The van der Waals surface area contributed by atoms with Gasteiger partial charge < -0.3 is 9.47 Å². The highest BCUT2D eigenvalue weighted by Crippen LogP contribution is 2.36. The van der Waals surface area contributed by atoms with Gasteiger partial charge in [0.05, 0.1) is 4.90 Å². The number of benzene rings is 1.